The quantitative estimate of drug-likeness (QED) is 0.360. The molecule has 2 rings (SSSR count). The van der Waals surface area contributed by atoms with Gasteiger partial charge in [0.2, 0.25) is 0 Å². The molecule has 4 heteroatoms. The van der Waals surface area contributed by atoms with Gasteiger partial charge >= 0.3 is 0 Å². The first-order chi connectivity index (χ1) is 12.8. The molecular weight excluding hydrogens is 467 g/mol. The van der Waals surface area contributed by atoms with E-state index in [-0.39, 0.29) is 6.10 Å². The van der Waals surface area contributed by atoms with Gasteiger partial charge in [-0.25, -0.2) is 0 Å². The molecule has 0 aromatic heterocycles. The third-order valence-corrected chi connectivity index (χ3v) is 6.18. The molecule has 0 aliphatic heterocycles. The van der Waals surface area contributed by atoms with Gasteiger partial charge < -0.3 is 9.47 Å². The molecule has 0 radical (unpaired) electrons. The summed E-state index contributed by atoms with van der Waals surface area (Å²) < 4.78 is 12.5. The molecule has 0 N–H and O–H groups in total. The van der Waals surface area contributed by atoms with Gasteiger partial charge in [0.15, 0.2) is 0 Å². The van der Waals surface area contributed by atoms with Crippen LogP contribution in [-0.2, 0) is 6.42 Å². The van der Waals surface area contributed by atoms with E-state index in [0.29, 0.717) is 0 Å². The third kappa shape index (κ3) is 6.61. The number of halogens is 1. The largest absolute Gasteiger partial charge is 0.496 e. The minimum absolute atomic E-state index is 0.181. The Balaban J connectivity index is 2.03. The second kappa shape index (κ2) is 10.2. The number of rotatable bonds is 8. The van der Waals surface area contributed by atoms with Gasteiger partial charge in [-0.2, -0.15) is 0 Å². The smallest absolute Gasteiger partial charge is 0.123 e. The SMILES string of the molecule is C=C(S/C=C(\C)Cc1cc(C)c(I)cc1OC)c1ccc(OC(C)C)cc1. The van der Waals surface area contributed by atoms with Crippen LogP contribution < -0.4 is 9.47 Å². The van der Waals surface area contributed by atoms with Crippen molar-refractivity contribution in [3.8, 4) is 11.5 Å². The standard InChI is InChI=1S/C23H27IO2S/c1-15(2)26-21-9-7-19(8-10-21)18(5)27-14-16(3)11-20-12-17(4)22(24)13-23(20)25-6/h7-10,12-15H,5,11H2,1-4,6H3/b16-14+. The lowest BCUT2D eigenvalue weighted by atomic mass is 10.0. The lowest BCUT2D eigenvalue weighted by Crippen LogP contribution is -2.05. The Morgan fingerprint density at radius 3 is 2.48 bits per heavy atom. The number of thioether (sulfide) groups is 1. The summed E-state index contributed by atoms with van der Waals surface area (Å²) in [7, 11) is 1.73. The van der Waals surface area contributed by atoms with E-state index in [0.717, 1.165) is 28.4 Å². The Hall–Kier alpha value is -1.40. The minimum Gasteiger partial charge on any atom is -0.496 e. The summed E-state index contributed by atoms with van der Waals surface area (Å²) in [5.74, 6) is 1.83. The van der Waals surface area contributed by atoms with Crippen molar-refractivity contribution in [3.05, 3.63) is 74.2 Å². The second-order valence-corrected chi connectivity index (χ2v) is 8.91. The highest BCUT2D eigenvalue weighted by atomic mass is 127. The zero-order valence-corrected chi connectivity index (χ0v) is 19.6. The van der Waals surface area contributed by atoms with E-state index < -0.39 is 0 Å². The highest BCUT2D eigenvalue weighted by molar-refractivity contribution is 14.1. The minimum atomic E-state index is 0.181. The van der Waals surface area contributed by atoms with Crippen LogP contribution in [0.1, 0.15) is 37.5 Å². The first kappa shape index (κ1) is 21.9. The fourth-order valence-corrected chi connectivity index (χ4v) is 3.76. The monoisotopic (exact) mass is 494 g/mol. The molecule has 144 valence electrons. The van der Waals surface area contributed by atoms with Crippen LogP contribution in [0.15, 0.2) is 54.0 Å². The number of hydrogen-bond donors (Lipinski definition) is 0. The van der Waals surface area contributed by atoms with E-state index >= 15 is 0 Å². The molecule has 0 saturated carbocycles. The van der Waals surface area contributed by atoms with Crippen LogP contribution in [0, 0.1) is 10.5 Å². The summed E-state index contributed by atoms with van der Waals surface area (Å²) in [6, 6.07) is 12.4. The van der Waals surface area contributed by atoms with Gasteiger partial charge in [-0.15, -0.1) is 0 Å². The second-order valence-electron chi connectivity index (χ2n) is 6.79. The van der Waals surface area contributed by atoms with Gasteiger partial charge in [0, 0.05) is 8.48 Å². The zero-order chi connectivity index (χ0) is 20.0. The normalized spacial score (nSPS) is 11.6. The highest BCUT2D eigenvalue weighted by Gasteiger charge is 2.08. The Morgan fingerprint density at radius 2 is 1.89 bits per heavy atom. The maximum Gasteiger partial charge on any atom is 0.123 e. The van der Waals surface area contributed by atoms with Gasteiger partial charge in [-0.05, 0) is 97.0 Å². The first-order valence-corrected chi connectivity index (χ1v) is 10.9. The molecular formula is C23H27IO2S. The zero-order valence-electron chi connectivity index (χ0n) is 16.6. The van der Waals surface area contributed by atoms with Crippen molar-refractivity contribution in [2.24, 2.45) is 0 Å². The van der Waals surface area contributed by atoms with Crippen molar-refractivity contribution < 1.29 is 9.47 Å². The van der Waals surface area contributed by atoms with Crippen molar-refractivity contribution in [2.75, 3.05) is 7.11 Å². The predicted octanol–water partition coefficient (Wildman–Crippen LogP) is 7.25. The fraction of sp³-hybridized carbons (Fsp3) is 0.304. The number of benzene rings is 2. The van der Waals surface area contributed by atoms with Crippen LogP contribution in [-0.4, -0.2) is 13.2 Å². The molecule has 0 saturated heterocycles. The number of aryl methyl sites for hydroxylation is 1. The van der Waals surface area contributed by atoms with Crippen molar-refractivity contribution >= 4 is 39.3 Å². The lowest BCUT2D eigenvalue weighted by Gasteiger charge is -2.12. The Morgan fingerprint density at radius 1 is 1.22 bits per heavy atom. The highest BCUT2D eigenvalue weighted by Crippen LogP contribution is 2.31. The van der Waals surface area contributed by atoms with Crippen molar-refractivity contribution in [1.82, 2.24) is 0 Å². The van der Waals surface area contributed by atoms with Gasteiger partial charge in [0.05, 0.1) is 13.2 Å². The molecule has 0 heterocycles. The van der Waals surface area contributed by atoms with Crippen LogP contribution in [0.3, 0.4) is 0 Å². The Bertz CT molecular complexity index is 823. The van der Waals surface area contributed by atoms with Gasteiger partial charge in [0.25, 0.3) is 0 Å². The lowest BCUT2D eigenvalue weighted by molar-refractivity contribution is 0.242. The molecule has 0 unspecified atom stereocenters. The van der Waals surface area contributed by atoms with Crippen molar-refractivity contribution in [1.29, 1.82) is 0 Å². The predicted molar refractivity (Wildman–Crippen MR) is 127 cm³/mol. The molecule has 0 aliphatic rings. The van der Waals surface area contributed by atoms with E-state index in [4.69, 9.17) is 9.47 Å². The van der Waals surface area contributed by atoms with Crippen LogP contribution >= 0.6 is 34.4 Å². The summed E-state index contributed by atoms with van der Waals surface area (Å²) in [4.78, 5) is 1.02. The van der Waals surface area contributed by atoms with Crippen LogP contribution in [0.5, 0.6) is 11.5 Å². The van der Waals surface area contributed by atoms with Crippen LogP contribution in [0.4, 0.5) is 0 Å². The van der Waals surface area contributed by atoms with E-state index in [9.17, 15) is 0 Å². The molecule has 2 nitrogen and oxygen atoms in total. The first-order valence-electron chi connectivity index (χ1n) is 8.91. The van der Waals surface area contributed by atoms with Crippen molar-refractivity contribution in [3.63, 3.8) is 0 Å². The molecule has 0 spiro atoms. The average molecular weight is 494 g/mol. The molecule has 0 bridgehead atoms. The summed E-state index contributed by atoms with van der Waals surface area (Å²) in [5.41, 5.74) is 4.88. The molecule has 0 amide bonds. The van der Waals surface area contributed by atoms with Gasteiger partial charge in [-0.3, -0.25) is 0 Å². The van der Waals surface area contributed by atoms with E-state index in [1.807, 2.05) is 26.0 Å². The van der Waals surface area contributed by atoms with Crippen molar-refractivity contribution in [2.45, 2.75) is 40.2 Å². The maximum absolute atomic E-state index is 5.69. The summed E-state index contributed by atoms with van der Waals surface area (Å²) in [6.45, 7) is 12.5. The summed E-state index contributed by atoms with van der Waals surface area (Å²) >= 11 is 4.00. The fourth-order valence-electron chi connectivity index (χ4n) is 2.62. The molecule has 2 aromatic rings. The molecule has 0 fully saturated rings. The van der Waals surface area contributed by atoms with Crippen LogP contribution in [0.25, 0.3) is 4.91 Å². The topological polar surface area (TPSA) is 18.5 Å². The Kier molecular flexibility index (Phi) is 8.29. The number of allylic oxidation sites excluding steroid dienone is 1. The van der Waals surface area contributed by atoms with Gasteiger partial charge in [0.1, 0.15) is 11.5 Å². The third-order valence-electron chi connectivity index (χ3n) is 3.98. The van der Waals surface area contributed by atoms with E-state index in [1.165, 1.54) is 20.3 Å². The molecule has 0 aliphatic carbocycles. The van der Waals surface area contributed by atoms with E-state index in [2.05, 4.69) is 72.7 Å². The Labute approximate surface area is 181 Å². The molecule has 0 atom stereocenters. The number of ether oxygens (including phenoxy) is 2. The van der Waals surface area contributed by atoms with E-state index in [1.54, 1.807) is 18.9 Å². The van der Waals surface area contributed by atoms with Crippen LogP contribution in [0.2, 0.25) is 0 Å². The van der Waals surface area contributed by atoms with Gasteiger partial charge in [-0.1, -0.05) is 42.1 Å². The summed E-state index contributed by atoms with van der Waals surface area (Å²) in [6.07, 6.45) is 1.04. The molecule has 27 heavy (non-hydrogen) atoms. The number of methoxy groups -OCH3 is 1. The number of hydrogen-bond acceptors (Lipinski definition) is 3. The molecule has 2 aromatic carbocycles. The summed E-state index contributed by atoms with van der Waals surface area (Å²) in [5, 5.41) is 2.17. The average Bonchev–Trinajstić information content (AvgIpc) is 2.62. The maximum atomic E-state index is 5.69.